The van der Waals surface area contributed by atoms with Gasteiger partial charge in [0.1, 0.15) is 6.04 Å². The zero-order valence-electron chi connectivity index (χ0n) is 22.0. The Labute approximate surface area is 228 Å². The molecule has 0 saturated carbocycles. The fourth-order valence-electron chi connectivity index (χ4n) is 6.65. The summed E-state index contributed by atoms with van der Waals surface area (Å²) in [4.78, 5) is 43.4. The molecule has 0 radical (unpaired) electrons. The van der Waals surface area contributed by atoms with Crippen molar-refractivity contribution in [2.75, 3.05) is 6.61 Å². The van der Waals surface area contributed by atoms with E-state index in [2.05, 4.69) is 10.6 Å². The highest BCUT2D eigenvalue weighted by molar-refractivity contribution is 8.02. The van der Waals surface area contributed by atoms with Gasteiger partial charge in [0.2, 0.25) is 17.7 Å². The maximum Gasteiger partial charge on any atom is 0.244 e. The molecule has 7 nitrogen and oxygen atoms in total. The van der Waals surface area contributed by atoms with Crippen LogP contribution < -0.4 is 10.6 Å². The van der Waals surface area contributed by atoms with E-state index in [0.29, 0.717) is 19.5 Å². The predicted octanol–water partition coefficient (Wildman–Crippen LogP) is 3.12. The quantitative estimate of drug-likeness (QED) is 0.434. The molecule has 2 bridgehead atoms. The van der Waals surface area contributed by atoms with Gasteiger partial charge in [-0.25, -0.2) is 0 Å². The standard InChI is InChI=1S/C30H37N3O4S/c1-3-19(2)22(18-34)33-26(28(36)32-17-21-12-8-5-9-13-21)30-15-14-23(38-30)24(25(30)29(33)37)27(35)31-16-20-10-6-4-7-11-20/h4-13,19,22-26,34H,3,14-18H2,1-2H3,(H,31,35)(H,32,36)/t19-,22-,23-,24+,25-,26?,30?/m0/s1. The van der Waals surface area contributed by atoms with E-state index in [1.165, 1.54) is 0 Å². The van der Waals surface area contributed by atoms with Crippen LogP contribution in [0.25, 0.3) is 0 Å². The molecule has 3 heterocycles. The van der Waals surface area contributed by atoms with Crippen molar-refractivity contribution in [2.45, 2.75) is 68.3 Å². The fraction of sp³-hybridized carbons (Fsp3) is 0.500. The molecule has 3 N–H and O–H groups in total. The fourth-order valence-corrected chi connectivity index (χ4v) is 8.85. The molecule has 5 rings (SSSR count). The number of likely N-dealkylation sites (tertiary alicyclic amines) is 1. The first kappa shape index (κ1) is 26.8. The van der Waals surface area contributed by atoms with Crippen LogP contribution in [0.15, 0.2) is 60.7 Å². The molecule has 202 valence electrons. The van der Waals surface area contributed by atoms with Gasteiger partial charge in [-0.05, 0) is 29.9 Å². The number of carbonyl (C=O) groups excluding carboxylic acids is 3. The van der Waals surface area contributed by atoms with Crippen LogP contribution in [0.5, 0.6) is 0 Å². The van der Waals surface area contributed by atoms with Gasteiger partial charge in [-0.3, -0.25) is 14.4 Å². The molecule has 2 aromatic carbocycles. The van der Waals surface area contributed by atoms with Gasteiger partial charge in [0, 0.05) is 18.3 Å². The van der Waals surface area contributed by atoms with Gasteiger partial charge < -0.3 is 20.6 Å². The highest BCUT2D eigenvalue weighted by Gasteiger charge is 2.74. The molecule has 7 atom stereocenters. The molecule has 3 saturated heterocycles. The van der Waals surface area contributed by atoms with Crippen LogP contribution in [0.4, 0.5) is 0 Å². The number of aliphatic hydroxyl groups is 1. The lowest BCUT2D eigenvalue weighted by atomic mass is 9.70. The summed E-state index contributed by atoms with van der Waals surface area (Å²) >= 11 is 1.65. The molecule has 2 unspecified atom stereocenters. The minimum Gasteiger partial charge on any atom is -0.394 e. The van der Waals surface area contributed by atoms with Crippen molar-refractivity contribution in [2.24, 2.45) is 17.8 Å². The summed E-state index contributed by atoms with van der Waals surface area (Å²) in [6.07, 6.45) is 2.27. The second-order valence-corrected chi connectivity index (χ2v) is 12.4. The zero-order valence-corrected chi connectivity index (χ0v) is 22.8. The summed E-state index contributed by atoms with van der Waals surface area (Å²) in [5, 5.41) is 16.6. The molecule has 0 aliphatic carbocycles. The Balaban J connectivity index is 1.44. The number of nitrogens with zero attached hydrogens (tertiary/aromatic N) is 1. The third-order valence-electron chi connectivity index (χ3n) is 8.75. The van der Waals surface area contributed by atoms with Crippen molar-refractivity contribution in [3.05, 3.63) is 71.8 Å². The van der Waals surface area contributed by atoms with Crippen LogP contribution >= 0.6 is 11.8 Å². The van der Waals surface area contributed by atoms with E-state index < -0.39 is 28.7 Å². The van der Waals surface area contributed by atoms with Crippen molar-refractivity contribution in [1.29, 1.82) is 0 Å². The first-order valence-electron chi connectivity index (χ1n) is 13.7. The number of aliphatic hydroxyl groups excluding tert-OH is 1. The number of hydrogen-bond donors (Lipinski definition) is 3. The normalized spacial score (nSPS) is 29.1. The number of hydrogen-bond acceptors (Lipinski definition) is 5. The molecule has 8 heteroatoms. The molecular weight excluding hydrogens is 498 g/mol. The monoisotopic (exact) mass is 535 g/mol. The van der Waals surface area contributed by atoms with Gasteiger partial charge in [0.25, 0.3) is 0 Å². The number of benzene rings is 2. The van der Waals surface area contributed by atoms with Gasteiger partial charge >= 0.3 is 0 Å². The second kappa shape index (κ2) is 11.1. The lowest BCUT2D eigenvalue weighted by Crippen LogP contribution is -2.57. The topological polar surface area (TPSA) is 98.7 Å². The Kier molecular flexibility index (Phi) is 7.82. The van der Waals surface area contributed by atoms with Crippen LogP contribution in [0.3, 0.4) is 0 Å². The molecule has 3 aliphatic heterocycles. The molecule has 1 spiro atoms. The molecule has 3 fully saturated rings. The van der Waals surface area contributed by atoms with E-state index in [1.54, 1.807) is 16.7 Å². The molecule has 3 aliphatic rings. The minimum absolute atomic E-state index is 0.00229. The zero-order chi connectivity index (χ0) is 26.9. The predicted molar refractivity (Wildman–Crippen MR) is 148 cm³/mol. The Morgan fingerprint density at radius 2 is 1.61 bits per heavy atom. The Bertz CT molecular complexity index is 1160. The molecule has 2 aromatic rings. The molecular formula is C30H37N3O4S. The maximum atomic E-state index is 14.2. The van der Waals surface area contributed by atoms with Crippen LogP contribution in [0, 0.1) is 17.8 Å². The largest absolute Gasteiger partial charge is 0.394 e. The van der Waals surface area contributed by atoms with E-state index in [-0.39, 0.29) is 35.5 Å². The first-order valence-corrected chi connectivity index (χ1v) is 14.5. The van der Waals surface area contributed by atoms with E-state index >= 15 is 0 Å². The minimum atomic E-state index is -0.725. The van der Waals surface area contributed by atoms with Crippen molar-refractivity contribution in [3.8, 4) is 0 Å². The molecule has 3 amide bonds. The van der Waals surface area contributed by atoms with Crippen LogP contribution in [0.1, 0.15) is 44.2 Å². The van der Waals surface area contributed by atoms with E-state index in [9.17, 15) is 19.5 Å². The summed E-state index contributed by atoms with van der Waals surface area (Å²) in [7, 11) is 0. The van der Waals surface area contributed by atoms with Crippen molar-refractivity contribution < 1.29 is 19.5 Å². The summed E-state index contributed by atoms with van der Waals surface area (Å²) in [6.45, 7) is 4.58. The van der Waals surface area contributed by atoms with E-state index in [0.717, 1.165) is 24.0 Å². The van der Waals surface area contributed by atoms with Crippen LogP contribution in [-0.4, -0.2) is 56.4 Å². The number of carbonyl (C=O) groups is 3. The smallest absolute Gasteiger partial charge is 0.244 e. The van der Waals surface area contributed by atoms with Gasteiger partial charge in [-0.15, -0.1) is 11.8 Å². The van der Waals surface area contributed by atoms with Crippen molar-refractivity contribution in [1.82, 2.24) is 15.5 Å². The van der Waals surface area contributed by atoms with Gasteiger partial charge in [-0.1, -0.05) is 80.9 Å². The summed E-state index contributed by atoms with van der Waals surface area (Å²) < 4.78 is -0.668. The third-order valence-corrected chi connectivity index (χ3v) is 10.7. The number of thioether (sulfide) groups is 1. The number of nitrogens with one attached hydrogen (secondary N) is 2. The van der Waals surface area contributed by atoms with Crippen LogP contribution in [-0.2, 0) is 27.5 Å². The summed E-state index contributed by atoms with van der Waals surface area (Å²) in [5.41, 5.74) is 1.98. The Morgan fingerprint density at radius 3 is 2.16 bits per heavy atom. The number of fused-ring (bicyclic) bond motifs is 1. The first-order chi connectivity index (χ1) is 18.4. The lowest BCUT2D eigenvalue weighted by Gasteiger charge is -2.39. The van der Waals surface area contributed by atoms with Gasteiger partial charge in [0.05, 0.1) is 29.2 Å². The van der Waals surface area contributed by atoms with Crippen molar-refractivity contribution in [3.63, 3.8) is 0 Å². The SMILES string of the molecule is CC[C@H](C)[C@H](CO)N1C(=O)[C@@H]2[C@H](C(=O)NCc3ccccc3)[C@@H]3CCC2(S3)C1C(=O)NCc1ccccc1. The van der Waals surface area contributed by atoms with Gasteiger partial charge in [-0.2, -0.15) is 0 Å². The second-order valence-electron chi connectivity index (χ2n) is 10.8. The average Bonchev–Trinajstić information content (AvgIpc) is 3.59. The highest BCUT2D eigenvalue weighted by atomic mass is 32.2. The summed E-state index contributed by atoms with van der Waals surface area (Å²) in [6, 6.07) is 18.2. The summed E-state index contributed by atoms with van der Waals surface area (Å²) in [5.74, 6) is -1.55. The van der Waals surface area contributed by atoms with E-state index in [4.69, 9.17) is 0 Å². The Morgan fingerprint density at radius 1 is 1.03 bits per heavy atom. The lowest BCUT2D eigenvalue weighted by molar-refractivity contribution is -0.144. The Hall–Kier alpha value is -2.84. The number of amides is 3. The highest BCUT2D eigenvalue weighted by Crippen LogP contribution is 2.66. The third kappa shape index (κ3) is 4.62. The van der Waals surface area contributed by atoms with E-state index in [1.807, 2.05) is 74.5 Å². The molecule has 38 heavy (non-hydrogen) atoms. The van der Waals surface area contributed by atoms with Gasteiger partial charge in [0.15, 0.2) is 0 Å². The average molecular weight is 536 g/mol. The van der Waals surface area contributed by atoms with Crippen molar-refractivity contribution >= 4 is 29.5 Å². The van der Waals surface area contributed by atoms with Crippen LogP contribution in [0.2, 0.25) is 0 Å². The molecule has 0 aromatic heterocycles. The number of rotatable bonds is 10. The maximum absolute atomic E-state index is 14.2.